The minimum absolute atomic E-state index is 0.000779. The lowest BCUT2D eigenvalue weighted by molar-refractivity contribution is -0.123. The normalized spacial score (nSPS) is 12.1. The number of aromatic nitrogens is 4. The van der Waals surface area contributed by atoms with E-state index in [4.69, 9.17) is 20.6 Å². The van der Waals surface area contributed by atoms with Crippen molar-refractivity contribution in [1.29, 1.82) is 0 Å². The van der Waals surface area contributed by atoms with Crippen molar-refractivity contribution in [3.05, 3.63) is 89.7 Å². The molecule has 5 N–H and O–H groups in total. The van der Waals surface area contributed by atoms with Crippen LogP contribution in [0.2, 0.25) is 0 Å². The highest BCUT2D eigenvalue weighted by Gasteiger charge is 2.26. The van der Waals surface area contributed by atoms with Crippen LogP contribution in [0, 0.1) is 13.8 Å². The van der Waals surface area contributed by atoms with Crippen LogP contribution in [0.15, 0.2) is 77.8 Å². The molecule has 0 aliphatic rings. The van der Waals surface area contributed by atoms with Crippen LogP contribution in [0.4, 0.5) is 23.1 Å². The average molecular weight is 686 g/mol. The Balaban J connectivity index is 1.40. The molecule has 0 saturated heterocycles. The lowest BCUT2D eigenvalue weighted by Gasteiger charge is -2.24. The third-order valence-electron chi connectivity index (χ3n) is 8.29. The quantitative estimate of drug-likeness (QED) is 0.175. The van der Waals surface area contributed by atoms with E-state index in [-0.39, 0.29) is 35.9 Å². The van der Waals surface area contributed by atoms with Crippen molar-refractivity contribution in [1.82, 2.24) is 25.1 Å². The minimum Gasteiger partial charge on any atom is -0.497 e. The maximum atomic E-state index is 13.9. The van der Waals surface area contributed by atoms with E-state index in [1.807, 2.05) is 60.9 Å². The van der Waals surface area contributed by atoms with Gasteiger partial charge in [-0.1, -0.05) is 18.2 Å². The number of benzene rings is 3. The van der Waals surface area contributed by atoms with E-state index in [2.05, 4.69) is 15.4 Å². The van der Waals surface area contributed by atoms with Crippen molar-refractivity contribution in [3.8, 4) is 5.75 Å². The minimum atomic E-state index is -4.12. The number of fused-ring (bicyclic) bond motifs is 1. The molecular weight excluding hydrogens is 646 g/mol. The van der Waals surface area contributed by atoms with Gasteiger partial charge >= 0.3 is 0 Å². The Hall–Kier alpha value is -5.38. The molecule has 0 spiro atoms. The maximum Gasteiger partial charge on any atom is 0.238 e. The molecule has 0 aliphatic heterocycles. The van der Waals surface area contributed by atoms with Gasteiger partial charge in [-0.05, 0) is 79.9 Å². The van der Waals surface area contributed by atoms with Crippen LogP contribution in [-0.2, 0) is 33.2 Å². The van der Waals surface area contributed by atoms with Crippen molar-refractivity contribution in [2.24, 2.45) is 17.9 Å². The van der Waals surface area contributed by atoms with Crippen molar-refractivity contribution < 1.29 is 22.7 Å². The van der Waals surface area contributed by atoms with Gasteiger partial charge in [0, 0.05) is 50.0 Å². The molecule has 256 valence electrons. The number of sulfonamides is 1. The number of methoxy groups -OCH3 is 1. The number of hydrogen-bond donors (Lipinski definition) is 3. The van der Waals surface area contributed by atoms with Gasteiger partial charge in [-0.3, -0.25) is 14.3 Å². The van der Waals surface area contributed by atoms with Gasteiger partial charge in [-0.25, -0.2) is 23.4 Å². The van der Waals surface area contributed by atoms with Crippen LogP contribution in [0.5, 0.6) is 5.75 Å². The molecule has 0 radical (unpaired) electrons. The first kappa shape index (κ1) is 34.9. The first-order valence-electron chi connectivity index (χ1n) is 15.4. The first-order valence-corrected chi connectivity index (χ1v) is 16.9. The summed E-state index contributed by atoms with van der Waals surface area (Å²) in [7, 11) is 1.16. The van der Waals surface area contributed by atoms with E-state index >= 15 is 0 Å². The summed E-state index contributed by atoms with van der Waals surface area (Å²) in [6.07, 6.45) is 1.33. The van der Waals surface area contributed by atoms with Crippen LogP contribution in [0.1, 0.15) is 29.7 Å². The zero-order valence-electron chi connectivity index (χ0n) is 27.9. The molecule has 2 heterocycles. The highest BCUT2D eigenvalue weighted by molar-refractivity contribution is 7.89. The fourth-order valence-electron chi connectivity index (χ4n) is 5.29. The highest BCUT2D eigenvalue weighted by atomic mass is 32.2. The summed E-state index contributed by atoms with van der Waals surface area (Å²) in [5.41, 5.74) is 10.3. The molecule has 0 bridgehead atoms. The number of ether oxygens (including phenoxy) is 1. The fraction of sp³-hybridized carbons (Fsp3) is 0.265. The van der Waals surface area contributed by atoms with E-state index < -0.39 is 27.9 Å². The van der Waals surface area contributed by atoms with Crippen molar-refractivity contribution in [2.75, 3.05) is 24.0 Å². The van der Waals surface area contributed by atoms with Crippen molar-refractivity contribution >= 4 is 55.9 Å². The predicted molar refractivity (Wildman–Crippen MR) is 187 cm³/mol. The number of primary sulfonamides is 1. The summed E-state index contributed by atoms with van der Waals surface area (Å²) in [5, 5.41) is 13.9. The molecule has 0 saturated carbocycles. The summed E-state index contributed by atoms with van der Waals surface area (Å²) < 4.78 is 31.8. The number of aryl methyl sites for hydroxylation is 3. The number of carbonyl (C=O) groups excluding carboxylic acids is 2. The SMILES string of the molecule is COc1ccc(CNC(=O)[C@@H](N)CCC(=O)N(c2ccc(C)c(S(N)(=O)=O)c2)c2nccc(N(C)c3ccc4c(C)n(C)nc4c3)n2)cc1. The van der Waals surface area contributed by atoms with Crippen LogP contribution in [0.3, 0.4) is 0 Å². The van der Waals surface area contributed by atoms with E-state index in [0.29, 0.717) is 17.1 Å². The monoisotopic (exact) mass is 685 g/mol. The van der Waals surface area contributed by atoms with E-state index in [9.17, 15) is 18.0 Å². The Morgan fingerprint density at radius 3 is 2.43 bits per heavy atom. The number of carbonyl (C=O) groups is 2. The molecule has 14 nitrogen and oxygen atoms in total. The molecule has 49 heavy (non-hydrogen) atoms. The fourth-order valence-corrected chi connectivity index (χ4v) is 6.09. The molecule has 0 aliphatic carbocycles. The van der Waals surface area contributed by atoms with E-state index in [1.165, 1.54) is 17.2 Å². The molecule has 1 atom stereocenters. The number of rotatable bonds is 12. The molecule has 15 heteroatoms. The smallest absolute Gasteiger partial charge is 0.238 e. The van der Waals surface area contributed by atoms with E-state index in [1.54, 1.807) is 44.4 Å². The lowest BCUT2D eigenvalue weighted by atomic mass is 10.1. The van der Waals surface area contributed by atoms with Gasteiger partial charge in [-0.15, -0.1) is 0 Å². The van der Waals surface area contributed by atoms with Gasteiger partial charge in [0.05, 0.1) is 29.3 Å². The van der Waals surface area contributed by atoms with Gasteiger partial charge < -0.3 is 20.7 Å². The number of hydrogen-bond acceptors (Lipinski definition) is 10. The average Bonchev–Trinajstić information content (AvgIpc) is 3.38. The Bertz CT molecular complexity index is 2120. The maximum absolute atomic E-state index is 13.9. The van der Waals surface area contributed by atoms with E-state index in [0.717, 1.165) is 27.8 Å². The second-order valence-corrected chi connectivity index (χ2v) is 13.1. The number of nitrogens with zero attached hydrogens (tertiary/aromatic N) is 6. The summed E-state index contributed by atoms with van der Waals surface area (Å²) in [4.78, 5) is 38.7. The molecule has 0 unspecified atom stereocenters. The summed E-state index contributed by atoms with van der Waals surface area (Å²) in [6.45, 7) is 3.85. The zero-order chi connectivity index (χ0) is 35.5. The zero-order valence-corrected chi connectivity index (χ0v) is 28.7. The van der Waals surface area contributed by atoms with Crippen LogP contribution in [0.25, 0.3) is 10.9 Å². The summed E-state index contributed by atoms with van der Waals surface area (Å²) in [5.74, 6) is 0.214. The first-order chi connectivity index (χ1) is 23.3. The standard InChI is InChI=1S/C34H39N9O5S/c1-21-6-9-25(19-30(21)49(36,46)47)43(32(44)15-14-28(35)33(45)38-20-23-7-11-26(48-5)12-8-23)34-37-17-16-31(39-34)41(3)24-10-13-27-22(2)42(4)40-29(27)18-24/h6-13,16-19,28H,14-15,20,35H2,1-5H3,(H,38,45)(H2,36,46,47)/t28-/m0/s1. The van der Waals surface area contributed by atoms with Crippen molar-refractivity contribution in [2.45, 2.75) is 44.2 Å². The number of nitrogens with two attached hydrogens (primary N) is 2. The highest BCUT2D eigenvalue weighted by Crippen LogP contribution is 2.31. The largest absolute Gasteiger partial charge is 0.497 e. The molecule has 0 fully saturated rings. The van der Waals surface area contributed by atoms with Gasteiger partial charge in [0.1, 0.15) is 11.6 Å². The molecule has 5 aromatic rings. The second kappa shape index (κ2) is 14.4. The molecule has 2 aromatic heterocycles. The summed E-state index contributed by atoms with van der Waals surface area (Å²) >= 11 is 0. The van der Waals surface area contributed by atoms with Crippen LogP contribution < -0.4 is 30.7 Å². The number of amides is 2. The van der Waals surface area contributed by atoms with Gasteiger partial charge in [0.15, 0.2) is 0 Å². The molecule has 3 aromatic carbocycles. The molecule has 5 rings (SSSR count). The Kier molecular flexibility index (Phi) is 10.3. The number of nitrogens with one attached hydrogen (secondary N) is 1. The Labute approximate surface area is 284 Å². The summed E-state index contributed by atoms with van der Waals surface area (Å²) in [6, 6.07) is 18.2. The van der Waals surface area contributed by atoms with Crippen LogP contribution in [-0.4, -0.2) is 60.2 Å². The van der Waals surface area contributed by atoms with Crippen molar-refractivity contribution in [3.63, 3.8) is 0 Å². The third kappa shape index (κ3) is 7.85. The molecular formula is C34H39N9O5S. The topological polar surface area (TPSA) is 192 Å². The van der Waals surface area contributed by atoms with Gasteiger partial charge in [0.2, 0.25) is 27.8 Å². The molecule has 2 amide bonds. The number of anilines is 4. The lowest BCUT2D eigenvalue weighted by Crippen LogP contribution is -2.41. The Morgan fingerprint density at radius 2 is 1.73 bits per heavy atom. The second-order valence-electron chi connectivity index (χ2n) is 11.6. The Morgan fingerprint density at radius 1 is 1.02 bits per heavy atom. The third-order valence-corrected chi connectivity index (χ3v) is 9.34. The van der Waals surface area contributed by atoms with Gasteiger partial charge in [0.25, 0.3) is 0 Å². The van der Waals surface area contributed by atoms with Crippen LogP contribution >= 0.6 is 0 Å². The predicted octanol–water partition coefficient (Wildman–Crippen LogP) is 3.49. The van der Waals surface area contributed by atoms with Gasteiger partial charge in [-0.2, -0.15) is 10.1 Å².